The number of nitrogens with one attached hydrogen (secondary N) is 1. The topological polar surface area (TPSA) is 67.9 Å². The maximum absolute atomic E-state index is 8.75. The summed E-state index contributed by atoms with van der Waals surface area (Å²) in [4.78, 5) is 0. The van der Waals surface area contributed by atoms with E-state index in [1.165, 1.54) is 0 Å². The summed E-state index contributed by atoms with van der Waals surface area (Å²) in [5.74, 6) is 0.803. The fourth-order valence-electron chi connectivity index (χ4n) is 1.44. The molecule has 0 atom stereocenters. The van der Waals surface area contributed by atoms with Gasteiger partial charge in [-0.05, 0) is 0 Å². The van der Waals surface area contributed by atoms with Crippen molar-refractivity contribution < 1.29 is 5.11 Å². The molecule has 2 aromatic rings. The van der Waals surface area contributed by atoms with E-state index in [0.29, 0.717) is 13.1 Å². The predicted molar refractivity (Wildman–Crippen MR) is 59.8 cm³/mol. The quantitative estimate of drug-likeness (QED) is 0.758. The Bertz CT molecular complexity index is 448. The molecule has 86 valence electrons. The van der Waals surface area contributed by atoms with Gasteiger partial charge in [0.2, 0.25) is 0 Å². The third-order valence-electron chi connectivity index (χ3n) is 2.20. The molecule has 0 aliphatic carbocycles. The lowest BCUT2D eigenvalue weighted by atomic mass is 10.3. The van der Waals surface area contributed by atoms with Crippen molar-refractivity contribution in [2.45, 2.75) is 13.1 Å². The van der Waals surface area contributed by atoms with Crippen LogP contribution in [-0.4, -0.2) is 31.3 Å². The van der Waals surface area contributed by atoms with Crippen LogP contribution >= 0.6 is 0 Å². The molecule has 0 amide bonds. The number of hydrogen-bond donors (Lipinski definition) is 2. The van der Waals surface area contributed by atoms with Crippen LogP contribution in [-0.2, 0) is 20.1 Å². The fourth-order valence-corrected chi connectivity index (χ4v) is 1.44. The van der Waals surface area contributed by atoms with Crippen LogP contribution in [0.4, 0.5) is 5.82 Å². The van der Waals surface area contributed by atoms with Gasteiger partial charge < -0.3 is 10.4 Å². The minimum atomic E-state index is 0.101. The average Bonchev–Trinajstić information content (AvgIpc) is 2.85. The highest BCUT2D eigenvalue weighted by atomic mass is 16.3. The van der Waals surface area contributed by atoms with Gasteiger partial charge in [0.25, 0.3) is 0 Å². The number of aromatic nitrogens is 4. The molecule has 0 bridgehead atoms. The summed E-state index contributed by atoms with van der Waals surface area (Å²) >= 11 is 0. The van der Waals surface area contributed by atoms with Crippen LogP contribution in [0.1, 0.15) is 5.56 Å². The minimum Gasteiger partial charge on any atom is -0.394 e. The van der Waals surface area contributed by atoms with Crippen LogP contribution in [0.3, 0.4) is 0 Å². The Balaban J connectivity index is 1.89. The van der Waals surface area contributed by atoms with E-state index in [9.17, 15) is 0 Å². The molecule has 0 saturated heterocycles. The van der Waals surface area contributed by atoms with Crippen molar-refractivity contribution in [3.63, 3.8) is 0 Å². The molecule has 0 radical (unpaired) electrons. The zero-order valence-corrected chi connectivity index (χ0v) is 9.17. The van der Waals surface area contributed by atoms with Crippen molar-refractivity contribution in [3.8, 4) is 0 Å². The largest absolute Gasteiger partial charge is 0.394 e. The molecular formula is C10H15N5O. The molecule has 0 aliphatic heterocycles. The van der Waals surface area contributed by atoms with Gasteiger partial charge >= 0.3 is 0 Å². The van der Waals surface area contributed by atoms with Gasteiger partial charge in [-0.3, -0.25) is 9.36 Å². The van der Waals surface area contributed by atoms with E-state index in [-0.39, 0.29) is 6.61 Å². The zero-order valence-electron chi connectivity index (χ0n) is 9.17. The molecule has 2 aromatic heterocycles. The van der Waals surface area contributed by atoms with Gasteiger partial charge in [0.15, 0.2) is 0 Å². The smallest absolute Gasteiger partial charge is 0.148 e. The maximum atomic E-state index is 8.75. The monoisotopic (exact) mass is 221 g/mol. The first-order valence-corrected chi connectivity index (χ1v) is 5.13. The Labute approximate surface area is 93.5 Å². The number of nitrogens with zero attached hydrogens (tertiary/aromatic N) is 4. The summed E-state index contributed by atoms with van der Waals surface area (Å²) < 4.78 is 3.47. The van der Waals surface area contributed by atoms with E-state index in [0.717, 1.165) is 11.4 Å². The molecule has 0 fully saturated rings. The number of aliphatic hydroxyl groups excluding tert-OH is 1. The van der Waals surface area contributed by atoms with Crippen LogP contribution in [0.2, 0.25) is 0 Å². The molecule has 6 nitrogen and oxygen atoms in total. The molecule has 0 aromatic carbocycles. The van der Waals surface area contributed by atoms with Gasteiger partial charge in [0.05, 0.1) is 19.3 Å². The minimum absolute atomic E-state index is 0.101. The predicted octanol–water partition coefficient (Wildman–Crippen LogP) is 0.221. The second-order valence-electron chi connectivity index (χ2n) is 3.56. The molecule has 2 heterocycles. The second-order valence-corrected chi connectivity index (χ2v) is 3.56. The van der Waals surface area contributed by atoms with Gasteiger partial charge in [0.1, 0.15) is 5.82 Å². The van der Waals surface area contributed by atoms with Gasteiger partial charge in [-0.1, -0.05) is 0 Å². The lowest BCUT2D eigenvalue weighted by Gasteiger charge is -2.00. The number of anilines is 1. The van der Waals surface area contributed by atoms with Crippen molar-refractivity contribution in [1.82, 2.24) is 19.6 Å². The summed E-state index contributed by atoms with van der Waals surface area (Å²) in [6, 6.07) is 1.88. The van der Waals surface area contributed by atoms with Crippen LogP contribution in [0.25, 0.3) is 0 Å². The van der Waals surface area contributed by atoms with E-state index >= 15 is 0 Å². The van der Waals surface area contributed by atoms with Crippen molar-refractivity contribution in [3.05, 3.63) is 30.2 Å². The summed E-state index contributed by atoms with van der Waals surface area (Å²) in [6.07, 6.45) is 5.61. The highest BCUT2D eigenvalue weighted by molar-refractivity contribution is 5.33. The first-order valence-electron chi connectivity index (χ1n) is 5.13. The Kier molecular flexibility index (Phi) is 3.21. The Hall–Kier alpha value is -1.82. The number of aliphatic hydroxyl groups is 1. The Morgan fingerprint density at radius 1 is 1.50 bits per heavy atom. The first kappa shape index (κ1) is 10.7. The Morgan fingerprint density at radius 3 is 3.06 bits per heavy atom. The normalized spacial score (nSPS) is 10.6. The molecule has 6 heteroatoms. The van der Waals surface area contributed by atoms with Crippen molar-refractivity contribution in [2.24, 2.45) is 7.05 Å². The van der Waals surface area contributed by atoms with E-state index in [4.69, 9.17) is 5.11 Å². The van der Waals surface area contributed by atoms with Crippen LogP contribution in [0.15, 0.2) is 24.7 Å². The summed E-state index contributed by atoms with van der Waals surface area (Å²) in [5, 5.41) is 20.3. The van der Waals surface area contributed by atoms with Gasteiger partial charge in [-0.25, -0.2) is 0 Å². The number of aryl methyl sites for hydroxylation is 1. The van der Waals surface area contributed by atoms with Crippen LogP contribution < -0.4 is 5.32 Å². The number of rotatable bonds is 5. The van der Waals surface area contributed by atoms with E-state index in [1.54, 1.807) is 9.36 Å². The summed E-state index contributed by atoms with van der Waals surface area (Å²) in [5.41, 5.74) is 1.11. The molecule has 2 N–H and O–H groups in total. The standard InChI is InChI=1S/C10H15N5O/c1-14-8-9(7-12-14)6-11-10-2-3-15(13-10)4-5-16/h2-3,7-8,16H,4-6H2,1H3,(H,11,13). The molecular weight excluding hydrogens is 206 g/mol. The van der Waals surface area contributed by atoms with Crippen LogP contribution in [0.5, 0.6) is 0 Å². The lowest BCUT2D eigenvalue weighted by molar-refractivity contribution is 0.269. The van der Waals surface area contributed by atoms with Crippen molar-refractivity contribution >= 4 is 5.82 Å². The highest BCUT2D eigenvalue weighted by Crippen LogP contribution is 2.05. The molecule has 16 heavy (non-hydrogen) atoms. The van der Waals surface area contributed by atoms with Gasteiger partial charge in [-0.15, -0.1) is 0 Å². The molecule has 0 aliphatic rings. The lowest BCUT2D eigenvalue weighted by Crippen LogP contribution is -2.04. The van der Waals surface area contributed by atoms with Crippen molar-refractivity contribution in [2.75, 3.05) is 11.9 Å². The molecule has 0 spiro atoms. The molecule has 0 saturated carbocycles. The summed E-state index contributed by atoms with van der Waals surface area (Å²) in [7, 11) is 1.89. The Morgan fingerprint density at radius 2 is 2.38 bits per heavy atom. The zero-order chi connectivity index (χ0) is 11.4. The maximum Gasteiger partial charge on any atom is 0.148 e. The third kappa shape index (κ3) is 2.60. The number of hydrogen-bond acceptors (Lipinski definition) is 4. The molecule has 0 unspecified atom stereocenters. The van der Waals surface area contributed by atoms with E-state index < -0.39 is 0 Å². The SMILES string of the molecule is Cn1cc(CNc2ccn(CCO)n2)cn1. The van der Waals surface area contributed by atoms with Gasteiger partial charge in [0, 0.05) is 37.6 Å². The second kappa shape index (κ2) is 4.80. The fraction of sp³-hybridized carbons (Fsp3) is 0.400. The highest BCUT2D eigenvalue weighted by Gasteiger charge is 1.99. The molecule has 2 rings (SSSR count). The first-order chi connectivity index (χ1) is 7.78. The average molecular weight is 221 g/mol. The van der Waals surface area contributed by atoms with Crippen molar-refractivity contribution in [1.29, 1.82) is 0 Å². The van der Waals surface area contributed by atoms with Crippen LogP contribution in [0, 0.1) is 0 Å². The van der Waals surface area contributed by atoms with Gasteiger partial charge in [-0.2, -0.15) is 10.2 Å². The third-order valence-corrected chi connectivity index (χ3v) is 2.20. The van der Waals surface area contributed by atoms with E-state index in [2.05, 4.69) is 15.5 Å². The summed E-state index contributed by atoms with van der Waals surface area (Å²) in [6.45, 7) is 1.32. The van der Waals surface area contributed by atoms with E-state index in [1.807, 2.05) is 31.7 Å².